The van der Waals surface area contributed by atoms with E-state index in [1.54, 1.807) is 31.3 Å². The molecule has 8 nitrogen and oxygen atoms in total. The molecule has 0 spiro atoms. The van der Waals surface area contributed by atoms with Crippen molar-refractivity contribution in [1.82, 2.24) is 10.3 Å². The van der Waals surface area contributed by atoms with E-state index in [0.717, 1.165) is 5.56 Å². The third kappa shape index (κ3) is 4.70. The monoisotopic (exact) mass is 393 g/mol. The molecule has 29 heavy (non-hydrogen) atoms. The minimum absolute atomic E-state index is 0.125. The van der Waals surface area contributed by atoms with E-state index in [0.29, 0.717) is 43.1 Å². The van der Waals surface area contributed by atoms with Gasteiger partial charge in [0.25, 0.3) is 0 Å². The second kappa shape index (κ2) is 8.71. The number of aromatic nitrogens is 1. The maximum atomic E-state index is 12.7. The van der Waals surface area contributed by atoms with Crippen LogP contribution < -0.4 is 15.5 Å². The zero-order valence-corrected chi connectivity index (χ0v) is 16.4. The molecule has 0 unspecified atom stereocenters. The Balaban J connectivity index is 1.73. The van der Waals surface area contributed by atoms with Crippen LogP contribution in [0.4, 0.5) is 16.3 Å². The normalized spacial score (nSPS) is 15.1. The second-order valence-electron chi connectivity index (χ2n) is 6.95. The van der Waals surface area contributed by atoms with Gasteiger partial charge in [-0.05, 0) is 42.7 Å². The summed E-state index contributed by atoms with van der Waals surface area (Å²) < 4.78 is 5.48. The van der Waals surface area contributed by atoms with E-state index in [1.165, 1.54) is 18.0 Å². The zero-order chi connectivity index (χ0) is 20.9. The summed E-state index contributed by atoms with van der Waals surface area (Å²) in [5.74, 6) is 0.377. The van der Waals surface area contributed by atoms with Gasteiger partial charge in [0, 0.05) is 27.2 Å². The molecule has 1 aromatic heterocycles. The Labute approximate surface area is 169 Å². The van der Waals surface area contributed by atoms with Gasteiger partial charge in [-0.2, -0.15) is 5.26 Å². The lowest BCUT2D eigenvalue weighted by Gasteiger charge is -2.38. The standard InChI is InChI=1S/C21H23N5O3/c1-15(27)26(2)19-8-7-18(14-23-19)24-20(28)25-21(9-11-29-12-10-21)17-5-3-16(13-22)4-6-17/h3-8,14H,9-12H2,1-2H3,(H2,24,25,28). The number of benzene rings is 1. The summed E-state index contributed by atoms with van der Waals surface area (Å²) >= 11 is 0. The molecule has 150 valence electrons. The van der Waals surface area contributed by atoms with Crippen molar-refractivity contribution in [3.63, 3.8) is 0 Å². The summed E-state index contributed by atoms with van der Waals surface area (Å²) in [5.41, 5.74) is 1.46. The van der Waals surface area contributed by atoms with Crippen molar-refractivity contribution in [2.75, 3.05) is 30.5 Å². The van der Waals surface area contributed by atoms with Crippen LogP contribution in [0.1, 0.15) is 30.9 Å². The molecule has 3 amide bonds. The van der Waals surface area contributed by atoms with E-state index in [9.17, 15) is 9.59 Å². The van der Waals surface area contributed by atoms with Crippen LogP contribution in [-0.2, 0) is 15.1 Å². The Morgan fingerprint density at radius 2 is 1.86 bits per heavy atom. The van der Waals surface area contributed by atoms with E-state index in [4.69, 9.17) is 10.00 Å². The van der Waals surface area contributed by atoms with Crippen molar-refractivity contribution in [3.8, 4) is 6.07 Å². The summed E-state index contributed by atoms with van der Waals surface area (Å²) in [6, 6.07) is 12.4. The molecule has 1 saturated heterocycles. The predicted octanol–water partition coefficient (Wildman–Crippen LogP) is 2.76. The van der Waals surface area contributed by atoms with E-state index in [-0.39, 0.29) is 11.9 Å². The molecule has 1 fully saturated rings. The van der Waals surface area contributed by atoms with Crippen molar-refractivity contribution in [2.24, 2.45) is 0 Å². The number of hydrogen-bond donors (Lipinski definition) is 2. The number of rotatable bonds is 4. The molecule has 1 aliphatic heterocycles. The number of ether oxygens (including phenoxy) is 1. The number of anilines is 2. The number of nitrogens with zero attached hydrogens (tertiary/aromatic N) is 3. The summed E-state index contributed by atoms with van der Waals surface area (Å²) in [6.07, 6.45) is 2.77. The molecule has 0 radical (unpaired) electrons. The number of nitriles is 1. The van der Waals surface area contributed by atoms with Gasteiger partial charge < -0.3 is 20.3 Å². The third-order valence-corrected chi connectivity index (χ3v) is 5.09. The molecule has 1 aromatic carbocycles. The highest BCUT2D eigenvalue weighted by atomic mass is 16.5. The highest BCUT2D eigenvalue weighted by Crippen LogP contribution is 2.32. The lowest BCUT2D eigenvalue weighted by atomic mass is 9.82. The van der Waals surface area contributed by atoms with Crippen molar-refractivity contribution in [1.29, 1.82) is 5.26 Å². The van der Waals surface area contributed by atoms with Gasteiger partial charge in [-0.15, -0.1) is 0 Å². The van der Waals surface area contributed by atoms with E-state index in [2.05, 4.69) is 21.7 Å². The minimum atomic E-state index is -0.571. The number of carbonyl (C=O) groups excluding carboxylic acids is 2. The molecular formula is C21H23N5O3. The van der Waals surface area contributed by atoms with Crippen LogP contribution in [0.3, 0.4) is 0 Å². The van der Waals surface area contributed by atoms with Gasteiger partial charge in [-0.3, -0.25) is 4.79 Å². The van der Waals surface area contributed by atoms with Crippen molar-refractivity contribution < 1.29 is 14.3 Å². The number of amides is 3. The fraction of sp³-hybridized carbons (Fsp3) is 0.333. The van der Waals surface area contributed by atoms with Gasteiger partial charge in [-0.25, -0.2) is 9.78 Å². The van der Waals surface area contributed by atoms with Crippen LogP contribution >= 0.6 is 0 Å². The Kier molecular flexibility index (Phi) is 6.10. The van der Waals surface area contributed by atoms with Gasteiger partial charge in [0.1, 0.15) is 5.82 Å². The average Bonchev–Trinajstić information content (AvgIpc) is 2.74. The Morgan fingerprint density at radius 3 is 2.41 bits per heavy atom. The van der Waals surface area contributed by atoms with Crippen LogP contribution in [0.5, 0.6) is 0 Å². The minimum Gasteiger partial charge on any atom is -0.381 e. The molecule has 0 aliphatic carbocycles. The van der Waals surface area contributed by atoms with Gasteiger partial charge >= 0.3 is 6.03 Å². The summed E-state index contributed by atoms with van der Waals surface area (Å²) in [4.78, 5) is 29.7. The Bertz CT molecular complexity index is 913. The zero-order valence-electron chi connectivity index (χ0n) is 16.4. The SMILES string of the molecule is CC(=O)N(C)c1ccc(NC(=O)NC2(c3ccc(C#N)cc3)CCOCC2)cn1. The van der Waals surface area contributed by atoms with Gasteiger partial charge in [0.05, 0.1) is 29.1 Å². The van der Waals surface area contributed by atoms with Gasteiger partial charge in [0.15, 0.2) is 0 Å². The lowest BCUT2D eigenvalue weighted by molar-refractivity contribution is -0.116. The molecule has 2 aromatic rings. The number of nitrogens with one attached hydrogen (secondary N) is 2. The molecule has 1 aliphatic rings. The maximum absolute atomic E-state index is 12.7. The molecule has 0 atom stereocenters. The lowest BCUT2D eigenvalue weighted by Crippen LogP contribution is -2.50. The van der Waals surface area contributed by atoms with Crippen LogP contribution in [0, 0.1) is 11.3 Å². The molecule has 8 heteroatoms. The van der Waals surface area contributed by atoms with Gasteiger partial charge in [0.2, 0.25) is 5.91 Å². The van der Waals surface area contributed by atoms with Crippen molar-refractivity contribution in [2.45, 2.75) is 25.3 Å². The summed E-state index contributed by atoms with van der Waals surface area (Å²) in [7, 11) is 1.64. The first kappa shape index (κ1) is 20.3. The molecule has 3 rings (SSSR count). The number of hydrogen-bond acceptors (Lipinski definition) is 5. The molecule has 0 bridgehead atoms. The number of urea groups is 1. The first-order chi connectivity index (χ1) is 13.9. The van der Waals surface area contributed by atoms with Crippen LogP contribution in [0.25, 0.3) is 0 Å². The van der Waals surface area contributed by atoms with E-state index < -0.39 is 5.54 Å². The molecule has 2 heterocycles. The van der Waals surface area contributed by atoms with Crippen LogP contribution in [0.2, 0.25) is 0 Å². The topological polar surface area (TPSA) is 107 Å². The quantitative estimate of drug-likeness (QED) is 0.830. The summed E-state index contributed by atoms with van der Waals surface area (Å²) in [5, 5.41) is 14.9. The van der Waals surface area contributed by atoms with Crippen LogP contribution in [0.15, 0.2) is 42.6 Å². The van der Waals surface area contributed by atoms with E-state index in [1.807, 2.05) is 12.1 Å². The van der Waals surface area contributed by atoms with Crippen LogP contribution in [-0.4, -0.2) is 37.2 Å². The Morgan fingerprint density at radius 1 is 1.17 bits per heavy atom. The molecule has 2 N–H and O–H groups in total. The average molecular weight is 393 g/mol. The highest BCUT2D eigenvalue weighted by Gasteiger charge is 2.36. The maximum Gasteiger partial charge on any atom is 0.319 e. The predicted molar refractivity (Wildman–Crippen MR) is 108 cm³/mol. The largest absolute Gasteiger partial charge is 0.381 e. The van der Waals surface area contributed by atoms with Crippen molar-refractivity contribution >= 4 is 23.4 Å². The van der Waals surface area contributed by atoms with Gasteiger partial charge in [-0.1, -0.05) is 12.1 Å². The second-order valence-corrected chi connectivity index (χ2v) is 6.95. The molecule has 0 saturated carbocycles. The first-order valence-corrected chi connectivity index (χ1v) is 9.31. The van der Waals surface area contributed by atoms with Crippen molar-refractivity contribution in [3.05, 3.63) is 53.7 Å². The highest BCUT2D eigenvalue weighted by molar-refractivity contribution is 5.91. The fourth-order valence-electron chi connectivity index (χ4n) is 3.27. The first-order valence-electron chi connectivity index (χ1n) is 9.31. The Hall–Kier alpha value is -3.44. The number of pyridine rings is 1. The summed E-state index contributed by atoms with van der Waals surface area (Å²) in [6.45, 7) is 2.53. The smallest absolute Gasteiger partial charge is 0.319 e. The molecular weight excluding hydrogens is 370 g/mol. The number of carbonyl (C=O) groups is 2. The fourth-order valence-corrected chi connectivity index (χ4v) is 3.27. The third-order valence-electron chi connectivity index (χ3n) is 5.09. The van der Waals surface area contributed by atoms with E-state index >= 15 is 0 Å².